The number of aliphatic hydroxyl groups excluding tert-OH is 1. The van der Waals surface area contributed by atoms with Crippen LogP contribution in [0.5, 0.6) is 0 Å². The second-order valence-corrected chi connectivity index (χ2v) is 27.9. The molecule has 516 valence electrons. The Labute approximate surface area is 530 Å². The predicted molar refractivity (Wildman–Crippen MR) is 349 cm³/mol. The van der Waals surface area contributed by atoms with Gasteiger partial charge in [-0.05, 0) is 31.6 Å². The van der Waals surface area contributed by atoms with Gasteiger partial charge in [0.05, 0.1) is 26.4 Å². The van der Waals surface area contributed by atoms with Crippen molar-refractivity contribution < 1.29 is 80.2 Å². The van der Waals surface area contributed by atoms with E-state index >= 15 is 0 Å². The molecule has 0 radical (unpaired) electrons. The van der Waals surface area contributed by atoms with Crippen LogP contribution in [-0.4, -0.2) is 96.7 Å². The number of phosphoric ester groups is 2. The molecule has 0 aromatic carbocycles. The monoisotopic (exact) mass is 1280 g/mol. The first-order chi connectivity index (χ1) is 42.0. The third kappa shape index (κ3) is 62.6. The van der Waals surface area contributed by atoms with Crippen LogP contribution < -0.4 is 0 Å². The highest BCUT2D eigenvalue weighted by Crippen LogP contribution is 2.45. The summed E-state index contributed by atoms with van der Waals surface area (Å²) in [7, 11) is -9.89. The van der Waals surface area contributed by atoms with Gasteiger partial charge < -0.3 is 33.8 Å². The Kier molecular flexibility index (Phi) is 60.2. The highest BCUT2D eigenvalue weighted by molar-refractivity contribution is 7.47. The second-order valence-electron chi connectivity index (χ2n) is 25.0. The SMILES string of the molecule is CCCCCCCCCCCCCCCCC(=O)OC[C@H](COP(=O)(O)OC[C@@H](O)COP(=O)(O)OC[C@@H](COC(=O)CCCCCCCCCCC)OC(=O)CCCCCCCCCCC)OC(=O)CCCCCCCCCCCCCCC(C)C. The molecule has 5 atom stereocenters. The van der Waals surface area contributed by atoms with E-state index in [9.17, 15) is 43.2 Å². The summed E-state index contributed by atoms with van der Waals surface area (Å²) in [5, 5.41) is 10.6. The van der Waals surface area contributed by atoms with Gasteiger partial charge in [0, 0.05) is 25.7 Å². The van der Waals surface area contributed by atoms with Gasteiger partial charge in [-0.2, -0.15) is 0 Å². The van der Waals surface area contributed by atoms with Gasteiger partial charge in [-0.25, -0.2) is 9.13 Å². The number of aliphatic hydroxyl groups is 1. The number of ether oxygens (including phenoxy) is 4. The molecule has 0 aromatic rings. The first-order valence-electron chi connectivity index (χ1n) is 35.6. The van der Waals surface area contributed by atoms with E-state index in [0.29, 0.717) is 25.7 Å². The smallest absolute Gasteiger partial charge is 0.462 e. The molecular formula is C68H132O17P2. The van der Waals surface area contributed by atoms with Crippen molar-refractivity contribution in [1.82, 2.24) is 0 Å². The van der Waals surface area contributed by atoms with Crippen molar-refractivity contribution >= 4 is 39.5 Å². The van der Waals surface area contributed by atoms with Crippen LogP contribution in [0.25, 0.3) is 0 Å². The molecule has 0 saturated heterocycles. The lowest BCUT2D eigenvalue weighted by atomic mass is 10.0. The quantitative estimate of drug-likeness (QED) is 0.0222. The van der Waals surface area contributed by atoms with E-state index in [1.54, 1.807) is 0 Å². The Morgan fingerprint density at radius 2 is 0.529 bits per heavy atom. The normalized spacial score (nSPS) is 14.1. The molecule has 17 nitrogen and oxygen atoms in total. The Morgan fingerprint density at radius 3 is 0.782 bits per heavy atom. The predicted octanol–water partition coefficient (Wildman–Crippen LogP) is 19.4. The lowest BCUT2D eigenvalue weighted by Gasteiger charge is -2.21. The van der Waals surface area contributed by atoms with Gasteiger partial charge in [-0.15, -0.1) is 0 Å². The van der Waals surface area contributed by atoms with E-state index in [1.165, 1.54) is 173 Å². The Balaban J connectivity index is 5.22. The maximum absolute atomic E-state index is 13.0. The molecule has 0 heterocycles. The van der Waals surface area contributed by atoms with Crippen LogP contribution in [0.3, 0.4) is 0 Å². The number of rotatable bonds is 68. The van der Waals surface area contributed by atoms with Crippen molar-refractivity contribution in [2.24, 2.45) is 5.92 Å². The van der Waals surface area contributed by atoms with Crippen LogP contribution in [0, 0.1) is 5.92 Å². The van der Waals surface area contributed by atoms with Gasteiger partial charge in [0.15, 0.2) is 12.2 Å². The van der Waals surface area contributed by atoms with Crippen LogP contribution in [0.1, 0.15) is 349 Å². The Bertz CT molecular complexity index is 1690. The van der Waals surface area contributed by atoms with E-state index in [4.69, 9.17) is 37.0 Å². The summed E-state index contributed by atoms with van der Waals surface area (Å²) < 4.78 is 68.1. The van der Waals surface area contributed by atoms with Crippen molar-refractivity contribution in [3.05, 3.63) is 0 Å². The third-order valence-electron chi connectivity index (χ3n) is 15.8. The number of hydrogen-bond acceptors (Lipinski definition) is 15. The lowest BCUT2D eigenvalue weighted by molar-refractivity contribution is -0.161. The molecule has 0 saturated carbocycles. The molecule has 0 fully saturated rings. The molecule has 0 bridgehead atoms. The van der Waals surface area contributed by atoms with Gasteiger partial charge >= 0.3 is 39.5 Å². The van der Waals surface area contributed by atoms with Crippen molar-refractivity contribution in [2.45, 2.75) is 368 Å². The van der Waals surface area contributed by atoms with Gasteiger partial charge in [0.25, 0.3) is 0 Å². The molecule has 0 aliphatic rings. The first-order valence-corrected chi connectivity index (χ1v) is 38.6. The van der Waals surface area contributed by atoms with Crippen molar-refractivity contribution in [3.8, 4) is 0 Å². The Hall–Kier alpha value is -1.94. The molecule has 0 aromatic heterocycles. The molecule has 19 heteroatoms. The lowest BCUT2D eigenvalue weighted by Crippen LogP contribution is -2.30. The number of hydrogen-bond donors (Lipinski definition) is 3. The Morgan fingerprint density at radius 1 is 0.310 bits per heavy atom. The van der Waals surface area contributed by atoms with E-state index in [-0.39, 0.29) is 25.7 Å². The zero-order chi connectivity index (χ0) is 64.2. The molecule has 0 aliphatic carbocycles. The van der Waals surface area contributed by atoms with Gasteiger partial charge in [0.1, 0.15) is 19.3 Å². The molecule has 0 amide bonds. The summed E-state index contributed by atoms with van der Waals surface area (Å²) in [6.45, 7) is 7.21. The minimum absolute atomic E-state index is 0.106. The minimum atomic E-state index is -4.95. The van der Waals surface area contributed by atoms with E-state index in [2.05, 4.69) is 34.6 Å². The summed E-state index contributed by atoms with van der Waals surface area (Å²) in [6, 6.07) is 0. The van der Waals surface area contributed by atoms with E-state index < -0.39 is 97.5 Å². The summed E-state index contributed by atoms with van der Waals surface area (Å²) in [6.07, 6.45) is 47.1. The summed E-state index contributed by atoms with van der Waals surface area (Å²) in [5.74, 6) is -1.35. The van der Waals surface area contributed by atoms with Crippen LogP contribution in [0.2, 0.25) is 0 Å². The molecule has 0 rings (SSSR count). The van der Waals surface area contributed by atoms with Crippen molar-refractivity contribution in [1.29, 1.82) is 0 Å². The molecule has 3 N–H and O–H groups in total. The number of esters is 4. The number of phosphoric acid groups is 2. The molecule has 87 heavy (non-hydrogen) atoms. The van der Waals surface area contributed by atoms with Crippen LogP contribution in [0.15, 0.2) is 0 Å². The van der Waals surface area contributed by atoms with Crippen LogP contribution >= 0.6 is 15.6 Å². The fourth-order valence-electron chi connectivity index (χ4n) is 10.3. The summed E-state index contributed by atoms with van der Waals surface area (Å²) in [4.78, 5) is 72.3. The fraction of sp³-hybridized carbons (Fsp3) is 0.941. The first kappa shape index (κ1) is 85.1. The van der Waals surface area contributed by atoms with E-state index in [0.717, 1.165) is 95.8 Å². The molecular weight excluding hydrogens is 1150 g/mol. The maximum Gasteiger partial charge on any atom is 0.472 e. The summed E-state index contributed by atoms with van der Waals surface area (Å²) in [5.41, 5.74) is 0. The third-order valence-corrected chi connectivity index (χ3v) is 17.7. The number of unbranched alkanes of at least 4 members (excludes halogenated alkanes) is 40. The van der Waals surface area contributed by atoms with Crippen molar-refractivity contribution in [3.63, 3.8) is 0 Å². The van der Waals surface area contributed by atoms with Crippen LogP contribution in [-0.2, 0) is 65.4 Å². The van der Waals surface area contributed by atoms with Gasteiger partial charge in [-0.1, -0.05) is 298 Å². The topological polar surface area (TPSA) is 237 Å². The van der Waals surface area contributed by atoms with Gasteiger partial charge in [-0.3, -0.25) is 37.3 Å². The molecule has 0 aliphatic heterocycles. The summed E-state index contributed by atoms with van der Waals surface area (Å²) >= 11 is 0. The standard InChI is InChI=1S/C68H132O17P2/c1-6-9-12-15-18-21-22-23-24-28-33-37-42-47-52-66(71)79-58-64(85-68(73)54-49-44-39-34-29-26-25-27-32-35-40-45-50-61(4)5)60-83-87(76,77)81-56-62(69)55-80-86(74,75)82-59-63(84-67(72)53-48-43-38-31-20-17-14-11-8-3)57-78-65(70)51-46-41-36-30-19-16-13-10-7-2/h61-64,69H,6-60H2,1-5H3,(H,74,75)(H,76,77)/t62-,63+,64+/m0/s1. The number of carbonyl (C=O) groups is 4. The largest absolute Gasteiger partial charge is 0.472 e. The molecule has 2 unspecified atom stereocenters. The maximum atomic E-state index is 13.0. The molecule has 0 spiro atoms. The highest BCUT2D eigenvalue weighted by Gasteiger charge is 2.30. The average molecular weight is 1280 g/mol. The zero-order valence-corrected chi connectivity index (χ0v) is 57.9. The van der Waals surface area contributed by atoms with Crippen molar-refractivity contribution in [2.75, 3.05) is 39.6 Å². The van der Waals surface area contributed by atoms with E-state index in [1.807, 2.05) is 0 Å². The fourth-order valence-corrected chi connectivity index (χ4v) is 11.9. The van der Waals surface area contributed by atoms with Crippen LogP contribution in [0.4, 0.5) is 0 Å². The number of carbonyl (C=O) groups excluding carboxylic acids is 4. The average Bonchev–Trinajstić information content (AvgIpc) is 3.51. The zero-order valence-electron chi connectivity index (χ0n) is 56.2. The second kappa shape index (κ2) is 61.6. The van der Waals surface area contributed by atoms with Gasteiger partial charge in [0.2, 0.25) is 0 Å². The minimum Gasteiger partial charge on any atom is -0.462 e. The highest BCUT2D eigenvalue weighted by atomic mass is 31.2.